The molecule has 0 aliphatic carbocycles. The van der Waals surface area contributed by atoms with E-state index in [9.17, 15) is 14.0 Å². The number of alkyl halides is 1. The number of ether oxygens (including phenoxy) is 1. The van der Waals surface area contributed by atoms with Crippen LogP contribution in [0.4, 0.5) is 4.39 Å². The van der Waals surface area contributed by atoms with Gasteiger partial charge >= 0.3 is 5.97 Å². The molecule has 1 rings (SSSR count). The van der Waals surface area contributed by atoms with Crippen LogP contribution in [0.25, 0.3) is 0 Å². The molecule has 18 heavy (non-hydrogen) atoms. The van der Waals surface area contributed by atoms with Crippen molar-refractivity contribution in [3.63, 3.8) is 0 Å². The van der Waals surface area contributed by atoms with Gasteiger partial charge in [0.15, 0.2) is 0 Å². The molecule has 7 heteroatoms. The predicted molar refractivity (Wildman–Crippen MR) is 65.4 cm³/mol. The van der Waals surface area contributed by atoms with Crippen LogP contribution in [0.3, 0.4) is 0 Å². The van der Waals surface area contributed by atoms with Gasteiger partial charge < -0.3 is 10.1 Å². The summed E-state index contributed by atoms with van der Waals surface area (Å²) in [6, 6.07) is 3.86. The van der Waals surface area contributed by atoms with Crippen LogP contribution in [0.15, 0.2) is 18.2 Å². The Morgan fingerprint density at radius 2 is 2.17 bits per heavy atom. The van der Waals surface area contributed by atoms with Crippen LogP contribution < -0.4 is 5.32 Å². The van der Waals surface area contributed by atoms with Crippen molar-refractivity contribution in [3.05, 3.63) is 34.6 Å². The first-order chi connectivity index (χ1) is 8.47. The Balaban J connectivity index is 2.66. The number of halogens is 3. The standard InChI is InChI=1S/C11H10Cl2FNO3/c1-18-11(17)7(12)5-15-10(16)6-3-2-4-8(14)9(6)13/h2-4,7H,5H2,1H3,(H,15,16). The van der Waals surface area contributed by atoms with Crippen molar-refractivity contribution in [1.82, 2.24) is 5.32 Å². The molecule has 1 aromatic rings. The van der Waals surface area contributed by atoms with Crippen molar-refractivity contribution in [2.45, 2.75) is 5.38 Å². The van der Waals surface area contributed by atoms with Gasteiger partial charge in [0.25, 0.3) is 5.91 Å². The molecule has 1 aromatic carbocycles. The van der Waals surface area contributed by atoms with Gasteiger partial charge in [-0.3, -0.25) is 9.59 Å². The van der Waals surface area contributed by atoms with E-state index in [1.54, 1.807) is 0 Å². The highest BCUT2D eigenvalue weighted by Crippen LogP contribution is 2.19. The average Bonchev–Trinajstić information content (AvgIpc) is 2.37. The Morgan fingerprint density at radius 1 is 1.50 bits per heavy atom. The van der Waals surface area contributed by atoms with Crippen molar-refractivity contribution in [2.24, 2.45) is 0 Å². The van der Waals surface area contributed by atoms with E-state index >= 15 is 0 Å². The average molecular weight is 294 g/mol. The monoisotopic (exact) mass is 293 g/mol. The zero-order valence-electron chi connectivity index (χ0n) is 9.38. The minimum Gasteiger partial charge on any atom is -0.468 e. The molecule has 0 heterocycles. The molecule has 1 unspecified atom stereocenters. The van der Waals surface area contributed by atoms with Gasteiger partial charge in [0.1, 0.15) is 11.2 Å². The van der Waals surface area contributed by atoms with Crippen LogP contribution in [0.2, 0.25) is 5.02 Å². The second-order valence-corrected chi connectivity index (χ2v) is 4.21. The largest absolute Gasteiger partial charge is 0.468 e. The molecule has 0 saturated heterocycles. The molecular formula is C11H10Cl2FNO3. The molecular weight excluding hydrogens is 284 g/mol. The third-order valence-corrected chi connectivity index (χ3v) is 2.81. The van der Waals surface area contributed by atoms with Gasteiger partial charge in [-0.05, 0) is 12.1 Å². The summed E-state index contributed by atoms with van der Waals surface area (Å²) in [4.78, 5) is 22.7. The summed E-state index contributed by atoms with van der Waals surface area (Å²) in [6.45, 7) is -0.139. The fourth-order valence-corrected chi connectivity index (χ4v) is 1.55. The van der Waals surface area contributed by atoms with Crippen LogP contribution in [0.5, 0.6) is 0 Å². The maximum Gasteiger partial charge on any atom is 0.325 e. The first-order valence-electron chi connectivity index (χ1n) is 4.91. The minimum atomic E-state index is -1.01. The Hall–Kier alpha value is -1.33. The summed E-state index contributed by atoms with van der Waals surface area (Å²) < 4.78 is 17.5. The molecule has 1 N–H and O–H groups in total. The molecule has 1 atom stereocenters. The van der Waals surface area contributed by atoms with Gasteiger partial charge in [0, 0.05) is 6.54 Å². The quantitative estimate of drug-likeness (QED) is 0.682. The fraction of sp³-hybridized carbons (Fsp3) is 0.273. The lowest BCUT2D eigenvalue weighted by molar-refractivity contribution is -0.140. The summed E-state index contributed by atoms with van der Waals surface area (Å²) in [5, 5.41) is 1.07. The van der Waals surface area contributed by atoms with E-state index in [1.165, 1.54) is 19.2 Å². The molecule has 0 aromatic heterocycles. The van der Waals surface area contributed by atoms with Crippen molar-refractivity contribution < 1.29 is 18.7 Å². The molecule has 0 aliphatic heterocycles. The molecule has 0 spiro atoms. The molecule has 0 fully saturated rings. The number of hydrogen-bond donors (Lipinski definition) is 1. The number of amides is 1. The first kappa shape index (κ1) is 14.7. The number of nitrogens with one attached hydrogen (secondary N) is 1. The third-order valence-electron chi connectivity index (χ3n) is 2.09. The van der Waals surface area contributed by atoms with Gasteiger partial charge in [0.2, 0.25) is 0 Å². The van der Waals surface area contributed by atoms with Crippen LogP contribution >= 0.6 is 23.2 Å². The minimum absolute atomic E-state index is 0.0228. The van der Waals surface area contributed by atoms with Gasteiger partial charge in [-0.25, -0.2) is 4.39 Å². The van der Waals surface area contributed by atoms with Crippen molar-refractivity contribution in [3.8, 4) is 0 Å². The van der Waals surface area contributed by atoms with Gasteiger partial charge in [-0.2, -0.15) is 0 Å². The lowest BCUT2D eigenvalue weighted by Gasteiger charge is -2.10. The maximum absolute atomic E-state index is 13.1. The van der Waals surface area contributed by atoms with Crippen LogP contribution in [0.1, 0.15) is 10.4 Å². The summed E-state index contributed by atoms with van der Waals surface area (Å²) >= 11 is 11.3. The lowest BCUT2D eigenvalue weighted by atomic mass is 10.2. The molecule has 0 bridgehead atoms. The van der Waals surface area contributed by atoms with Crippen LogP contribution in [0, 0.1) is 5.82 Å². The van der Waals surface area contributed by atoms with E-state index in [4.69, 9.17) is 23.2 Å². The van der Waals surface area contributed by atoms with Crippen LogP contribution in [-0.2, 0) is 9.53 Å². The van der Waals surface area contributed by atoms with E-state index < -0.39 is 23.1 Å². The molecule has 1 amide bonds. The van der Waals surface area contributed by atoms with Gasteiger partial charge in [-0.1, -0.05) is 17.7 Å². The van der Waals surface area contributed by atoms with Crippen molar-refractivity contribution >= 4 is 35.1 Å². The highest BCUT2D eigenvalue weighted by Gasteiger charge is 2.18. The Kier molecular flexibility index (Phi) is 5.37. The second-order valence-electron chi connectivity index (χ2n) is 3.30. The van der Waals surface area contributed by atoms with E-state index in [0.717, 1.165) is 6.07 Å². The maximum atomic E-state index is 13.1. The third kappa shape index (κ3) is 3.58. The highest BCUT2D eigenvalue weighted by atomic mass is 35.5. The molecule has 98 valence electrons. The predicted octanol–water partition coefficient (Wildman–Crippen LogP) is 1.99. The molecule has 0 radical (unpaired) electrons. The molecule has 4 nitrogen and oxygen atoms in total. The van der Waals surface area contributed by atoms with E-state index in [1.807, 2.05) is 0 Å². The summed E-state index contributed by atoms with van der Waals surface area (Å²) in [7, 11) is 1.18. The zero-order chi connectivity index (χ0) is 13.7. The van der Waals surface area contributed by atoms with E-state index in [0.29, 0.717) is 0 Å². The van der Waals surface area contributed by atoms with E-state index in [-0.39, 0.29) is 17.1 Å². The van der Waals surface area contributed by atoms with Crippen LogP contribution in [-0.4, -0.2) is 30.9 Å². The lowest BCUT2D eigenvalue weighted by Crippen LogP contribution is -2.34. The summed E-state index contributed by atoms with van der Waals surface area (Å²) in [5.41, 5.74) is -0.0228. The second kappa shape index (κ2) is 6.56. The topological polar surface area (TPSA) is 55.4 Å². The Labute approximate surface area is 113 Å². The highest BCUT2D eigenvalue weighted by molar-refractivity contribution is 6.34. The zero-order valence-corrected chi connectivity index (χ0v) is 10.9. The van der Waals surface area contributed by atoms with Crippen molar-refractivity contribution in [1.29, 1.82) is 0 Å². The smallest absolute Gasteiger partial charge is 0.325 e. The van der Waals surface area contributed by atoms with E-state index in [2.05, 4.69) is 10.1 Å². The summed E-state index contributed by atoms with van der Waals surface area (Å²) in [5.74, 6) is -1.98. The number of benzene rings is 1. The van der Waals surface area contributed by atoms with Gasteiger partial charge in [-0.15, -0.1) is 11.6 Å². The Morgan fingerprint density at radius 3 is 2.78 bits per heavy atom. The summed E-state index contributed by atoms with van der Waals surface area (Å²) in [6.07, 6.45) is 0. The SMILES string of the molecule is COC(=O)C(Cl)CNC(=O)c1cccc(F)c1Cl. The normalized spacial score (nSPS) is 11.8. The molecule has 0 aliphatic rings. The first-order valence-corrected chi connectivity index (χ1v) is 5.73. The Bertz CT molecular complexity index is 468. The van der Waals surface area contributed by atoms with Gasteiger partial charge in [0.05, 0.1) is 17.7 Å². The number of carbonyl (C=O) groups excluding carboxylic acids is 2. The number of rotatable bonds is 4. The number of methoxy groups -OCH3 is 1. The van der Waals surface area contributed by atoms with Crippen molar-refractivity contribution in [2.75, 3.05) is 13.7 Å². The fourth-order valence-electron chi connectivity index (χ4n) is 1.17. The molecule has 0 saturated carbocycles. The number of hydrogen-bond acceptors (Lipinski definition) is 3. The number of esters is 1. The number of carbonyl (C=O) groups is 2.